The quantitative estimate of drug-likeness (QED) is 0.622. The lowest BCUT2D eigenvalue weighted by Crippen LogP contribution is -2.35. The summed E-state index contributed by atoms with van der Waals surface area (Å²) in [6.45, 7) is 3.17. The Labute approximate surface area is 70.2 Å². The molecular formula is C7H11NO4. The van der Waals surface area contributed by atoms with Crippen molar-refractivity contribution in [2.45, 2.75) is 0 Å². The summed E-state index contributed by atoms with van der Waals surface area (Å²) >= 11 is 0. The number of hydrogen-bond acceptors (Lipinski definition) is 3. The number of rotatable bonds is 4. The maximum atomic E-state index is 10.8. The monoisotopic (exact) mass is 173 g/mol. The summed E-state index contributed by atoms with van der Waals surface area (Å²) in [6.07, 6.45) is 0.761. The number of aliphatic carboxylic acids is 1. The van der Waals surface area contributed by atoms with Crippen LogP contribution in [0.3, 0.4) is 0 Å². The van der Waals surface area contributed by atoms with Crippen molar-refractivity contribution in [1.82, 2.24) is 4.90 Å². The lowest BCUT2D eigenvalue weighted by molar-refractivity contribution is -0.137. The Kier molecular flexibility index (Phi) is 4.52. The molecule has 12 heavy (non-hydrogen) atoms. The second-order valence-electron chi connectivity index (χ2n) is 2.03. The number of carbonyl (C=O) groups excluding carboxylic acids is 1. The Bertz CT molecular complexity index is 190. The first-order valence-corrected chi connectivity index (χ1v) is 3.27. The maximum Gasteiger partial charge on any atom is 0.410 e. The van der Waals surface area contributed by atoms with E-state index < -0.39 is 12.1 Å². The molecule has 0 saturated carbocycles. The third-order valence-corrected chi connectivity index (χ3v) is 1.11. The van der Waals surface area contributed by atoms with Crippen LogP contribution in [0.4, 0.5) is 4.79 Å². The first-order valence-electron chi connectivity index (χ1n) is 3.27. The lowest BCUT2D eigenvalue weighted by Gasteiger charge is -2.16. The van der Waals surface area contributed by atoms with Crippen LogP contribution in [0.2, 0.25) is 0 Å². The van der Waals surface area contributed by atoms with Gasteiger partial charge in [-0.05, 0) is 0 Å². The number of carbonyl (C=O) groups is 2. The van der Waals surface area contributed by atoms with E-state index in [-0.39, 0.29) is 13.1 Å². The van der Waals surface area contributed by atoms with Crippen molar-refractivity contribution >= 4 is 12.1 Å². The number of ether oxygens (including phenoxy) is 1. The van der Waals surface area contributed by atoms with E-state index in [0.29, 0.717) is 0 Å². The smallest absolute Gasteiger partial charge is 0.410 e. The van der Waals surface area contributed by atoms with Gasteiger partial charge in [-0.2, -0.15) is 0 Å². The molecule has 0 aromatic rings. The molecule has 0 aromatic heterocycles. The molecule has 5 nitrogen and oxygen atoms in total. The third-order valence-electron chi connectivity index (χ3n) is 1.11. The van der Waals surface area contributed by atoms with Crippen LogP contribution in [-0.2, 0) is 9.53 Å². The number of carboxylic acids is 1. The van der Waals surface area contributed by atoms with Crippen LogP contribution in [0.15, 0.2) is 12.7 Å². The molecule has 0 saturated heterocycles. The highest BCUT2D eigenvalue weighted by Crippen LogP contribution is 1.92. The van der Waals surface area contributed by atoms with Gasteiger partial charge in [0.05, 0.1) is 7.11 Å². The second-order valence-corrected chi connectivity index (χ2v) is 2.03. The molecular weight excluding hydrogens is 162 g/mol. The molecule has 1 N–H and O–H groups in total. The molecule has 0 heterocycles. The van der Waals surface area contributed by atoms with Crippen LogP contribution in [-0.4, -0.2) is 42.3 Å². The molecule has 0 bridgehead atoms. The summed E-state index contributed by atoms with van der Waals surface area (Å²) in [5.41, 5.74) is 0. The fraction of sp³-hybridized carbons (Fsp3) is 0.429. The Morgan fingerprint density at radius 1 is 1.67 bits per heavy atom. The van der Waals surface area contributed by atoms with Gasteiger partial charge in [-0.1, -0.05) is 6.08 Å². The van der Waals surface area contributed by atoms with Gasteiger partial charge in [0.15, 0.2) is 0 Å². The summed E-state index contributed by atoms with van der Waals surface area (Å²) in [5.74, 6) is -1.08. The number of hydrogen-bond donors (Lipinski definition) is 1. The van der Waals surface area contributed by atoms with Gasteiger partial charge in [-0.3, -0.25) is 9.69 Å². The summed E-state index contributed by atoms with van der Waals surface area (Å²) in [5, 5.41) is 8.37. The van der Waals surface area contributed by atoms with E-state index in [4.69, 9.17) is 5.11 Å². The van der Waals surface area contributed by atoms with Crippen molar-refractivity contribution in [3.05, 3.63) is 12.7 Å². The van der Waals surface area contributed by atoms with E-state index in [0.717, 1.165) is 4.90 Å². The van der Waals surface area contributed by atoms with Crippen LogP contribution in [0.1, 0.15) is 0 Å². The molecule has 0 spiro atoms. The van der Waals surface area contributed by atoms with Crippen molar-refractivity contribution < 1.29 is 19.4 Å². The topological polar surface area (TPSA) is 66.8 Å². The average molecular weight is 173 g/mol. The highest BCUT2D eigenvalue weighted by Gasteiger charge is 2.14. The standard InChI is InChI=1S/C7H11NO4/c1-3-4-8(5-6(9)10)7(11)12-2/h3H,1,4-5H2,2H3,(H,9,10). The van der Waals surface area contributed by atoms with Gasteiger partial charge in [-0.15, -0.1) is 6.58 Å². The van der Waals surface area contributed by atoms with Gasteiger partial charge in [-0.25, -0.2) is 4.79 Å². The minimum Gasteiger partial charge on any atom is -0.480 e. The SMILES string of the molecule is C=CCN(CC(=O)O)C(=O)OC. The minimum absolute atomic E-state index is 0.166. The molecule has 0 unspecified atom stereocenters. The molecule has 0 radical (unpaired) electrons. The van der Waals surface area contributed by atoms with Gasteiger partial charge < -0.3 is 9.84 Å². The maximum absolute atomic E-state index is 10.8. The lowest BCUT2D eigenvalue weighted by atomic mass is 10.5. The summed E-state index contributed by atoms with van der Waals surface area (Å²) in [7, 11) is 1.19. The van der Waals surface area contributed by atoms with E-state index in [9.17, 15) is 9.59 Å². The predicted octanol–water partition coefficient (Wildman–Crippen LogP) is 0.325. The van der Waals surface area contributed by atoms with Crippen molar-refractivity contribution in [3.8, 4) is 0 Å². The van der Waals surface area contributed by atoms with Crippen LogP contribution in [0.25, 0.3) is 0 Å². The van der Waals surface area contributed by atoms with Gasteiger partial charge in [0.25, 0.3) is 0 Å². The third kappa shape index (κ3) is 3.60. The van der Waals surface area contributed by atoms with E-state index in [1.807, 2.05) is 0 Å². The molecule has 0 fully saturated rings. The van der Waals surface area contributed by atoms with E-state index >= 15 is 0 Å². The van der Waals surface area contributed by atoms with Crippen molar-refractivity contribution in [2.24, 2.45) is 0 Å². The largest absolute Gasteiger partial charge is 0.480 e. The van der Waals surface area contributed by atoms with Crippen molar-refractivity contribution in [3.63, 3.8) is 0 Å². The highest BCUT2D eigenvalue weighted by molar-refractivity contribution is 5.76. The van der Waals surface area contributed by atoms with E-state index in [1.54, 1.807) is 0 Å². The van der Waals surface area contributed by atoms with Gasteiger partial charge in [0.1, 0.15) is 6.54 Å². The molecule has 1 amide bonds. The molecule has 0 aliphatic carbocycles. The zero-order valence-corrected chi connectivity index (χ0v) is 6.82. The fourth-order valence-corrected chi connectivity index (χ4v) is 0.652. The van der Waals surface area contributed by atoms with E-state index in [1.165, 1.54) is 13.2 Å². The average Bonchev–Trinajstić information content (AvgIpc) is 2.01. The number of amides is 1. The van der Waals surface area contributed by atoms with Crippen LogP contribution in [0.5, 0.6) is 0 Å². The van der Waals surface area contributed by atoms with E-state index in [2.05, 4.69) is 11.3 Å². The number of carboxylic acid groups (broad SMARTS) is 1. The molecule has 0 rings (SSSR count). The zero-order valence-electron chi connectivity index (χ0n) is 6.82. The summed E-state index contributed by atoms with van der Waals surface area (Å²) in [6, 6.07) is 0. The van der Waals surface area contributed by atoms with Gasteiger partial charge >= 0.3 is 12.1 Å². The van der Waals surface area contributed by atoms with Crippen LogP contribution in [0, 0.1) is 0 Å². The van der Waals surface area contributed by atoms with Crippen molar-refractivity contribution in [2.75, 3.05) is 20.2 Å². The molecule has 0 aromatic carbocycles. The van der Waals surface area contributed by atoms with Crippen LogP contribution >= 0.6 is 0 Å². The number of nitrogens with zero attached hydrogens (tertiary/aromatic N) is 1. The predicted molar refractivity (Wildman–Crippen MR) is 41.8 cm³/mol. The van der Waals surface area contributed by atoms with Gasteiger partial charge in [0, 0.05) is 6.54 Å². The molecule has 0 aliphatic heterocycles. The van der Waals surface area contributed by atoms with Crippen LogP contribution < -0.4 is 0 Å². The molecule has 68 valence electrons. The Hall–Kier alpha value is -1.52. The number of methoxy groups -OCH3 is 1. The Morgan fingerprint density at radius 3 is 2.58 bits per heavy atom. The molecule has 0 aliphatic rings. The highest BCUT2D eigenvalue weighted by atomic mass is 16.5. The van der Waals surface area contributed by atoms with Crippen molar-refractivity contribution in [1.29, 1.82) is 0 Å². The van der Waals surface area contributed by atoms with Gasteiger partial charge in [0.2, 0.25) is 0 Å². The first kappa shape index (κ1) is 10.5. The summed E-state index contributed by atoms with van der Waals surface area (Å²) in [4.78, 5) is 22.1. The second kappa shape index (κ2) is 5.17. The molecule has 0 atom stereocenters. The normalized spacial score (nSPS) is 8.75. The first-order chi connectivity index (χ1) is 5.61. The Balaban J connectivity index is 4.11. The molecule has 5 heteroatoms. The minimum atomic E-state index is -1.08. The Morgan fingerprint density at radius 2 is 2.25 bits per heavy atom. The fourth-order valence-electron chi connectivity index (χ4n) is 0.652. The summed E-state index contributed by atoms with van der Waals surface area (Å²) < 4.78 is 4.34. The zero-order chi connectivity index (χ0) is 9.56.